The molecule has 0 fully saturated rings. The van der Waals surface area contributed by atoms with Crippen LogP contribution in [0, 0.1) is 20.8 Å². The lowest BCUT2D eigenvalue weighted by Gasteiger charge is -2.13. The van der Waals surface area contributed by atoms with Crippen LogP contribution in [0.4, 0.5) is 11.4 Å². The fraction of sp³-hybridized carbons (Fsp3) is 0.136. The minimum atomic E-state index is -3.83. The zero-order chi connectivity index (χ0) is 20.3. The Morgan fingerprint density at radius 3 is 2.29 bits per heavy atom. The number of sulfonamides is 1. The molecule has 3 rings (SSSR count). The van der Waals surface area contributed by atoms with E-state index in [0.717, 1.165) is 11.1 Å². The number of para-hydroxylation sites is 1. The minimum absolute atomic E-state index is 0.0765. The molecular weight excluding hydrogens is 372 g/mol. The maximum Gasteiger partial charge on any atom is 0.262 e. The van der Waals surface area contributed by atoms with Crippen molar-refractivity contribution in [3.63, 3.8) is 0 Å². The third kappa shape index (κ3) is 4.40. The second-order valence-electron chi connectivity index (χ2n) is 6.72. The average Bonchev–Trinajstić information content (AvgIpc) is 2.63. The van der Waals surface area contributed by atoms with Crippen molar-refractivity contribution < 1.29 is 13.2 Å². The number of carbonyl (C=O) groups excluding carboxylic acids is 1. The zero-order valence-electron chi connectivity index (χ0n) is 16.0. The molecule has 0 aliphatic rings. The van der Waals surface area contributed by atoms with Crippen LogP contribution >= 0.6 is 0 Å². The van der Waals surface area contributed by atoms with E-state index < -0.39 is 10.0 Å². The minimum Gasteiger partial charge on any atom is -0.322 e. The Kier molecular flexibility index (Phi) is 5.51. The molecule has 0 saturated carbocycles. The van der Waals surface area contributed by atoms with Crippen molar-refractivity contribution in [2.45, 2.75) is 25.7 Å². The SMILES string of the molecule is Cc1cccc(NC(=O)c2ccc(C)c(S(=O)(=O)Nc3ccccc3C)c2)c1. The molecule has 144 valence electrons. The molecule has 0 heterocycles. The fourth-order valence-corrected chi connectivity index (χ4v) is 4.25. The number of benzene rings is 3. The summed E-state index contributed by atoms with van der Waals surface area (Å²) < 4.78 is 28.4. The number of hydrogen-bond donors (Lipinski definition) is 2. The molecule has 3 aromatic rings. The molecular formula is C22H22N2O3S. The average molecular weight is 394 g/mol. The Morgan fingerprint density at radius 1 is 0.821 bits per heavy atom. The van der Waals surface area contributed by atoms with E-state index in [2.05, 4.69) is 10.0 Å². The van der Waals surface area contributed by atoms with E-state index in [0.29, 0.717) is 16.9 Å². The van der Waals surface area contributed by atoms with E-state index in [1.54, 1.807) is 37.3 Å². The van der Waals surface area contributed by atoms with Crippen LogP contribution in [-0.4, -0.2) is 14.3 Å². The van der Waals surface area contributed by atoms with Crippen LogP contribution in [0.1, 0.15) is 27.0 Å². The van der Waals surface area contributed by atoms with Crippen LogP contribution in [0.3, 0.4) is 0 Å². The van der Waals surface area contributed by atoms with E-state index in [1.807, 2.05) is 44.2 Å². The van der Waals surface area contributed by atoms with Gasteiger partial charge in [0, 0.05) is 11.3 Å². The standard InChI is InChI=1S/C22H22N2O3S/c1-15-7-6-9-19(13-15)23-22(25)18-12-11-17(3)21(14-18)28(26,27)24-20-10-5-4-8-16(20)2/h4-14,24H,1-3H3,(H,23,25). The van der Waals surface area contributed by atoms with Crippen LogP contribution in [0.15, 0.2) is 71.6 Å². The van der Waals surface area contributed by atoms with Crippen molar-refractivity contribution in [2.24, 2.45) is 0 Å². The first kappa shape index (κ1) is 19.6. The molecule has 3 aromatic carbocycles. The first-order chi connectivity index (χ1) is 13.3. The van der Waals surface area contributed by atoms with Gasteiger partial charge >= 0.3 is 0 Å². The summed E-state index contributed by atoms with van der Waals surface area (Å²) in [5, 5.41) is 2.80. The topological polar surface area (TPSA) is 75.3 Å². The third-order valence-corrected chi connectivity index (χ3v) is 5.91. The Labute approximate surface area is 165 Å². The summed E-state index contributed by atoms with van der Waals surface area (Å²) in [6, 6.07) is 19.2. The predicted molar refractivity (Wildman–Crippen MR) is 112 cm³/mol. The van der Waals surface area contributed by atoms with Crippen molar-refractivity contribution in [3.8, 4) is 0 Å². The lowest BCUT2D eigenvalue weighted by atomic mass is 10.1. The molecule has 1 amide bonds. The monoisotopic (exact) mass is 394 g/mol. The number of anilines is 2. The molecule has 0 aliphatic carbocycles. The van der Waals surface area contributed by atoms with E-state index in [-0.39, 0.29) is 16.4 Å². The summed E-state index contributed by atoms with van der Waals surface area (Å²) >= 11 is 0. The quantitative estimate of drug-likeness (QED) is 0.661. The summed E-state index contributed by atoms with van der Waals surface area (Å²) in [7, 11) is -3.83. The molecule has 0 bridgehead atoms. The molecule has 5 nitrogen and oxygen atoms in total. The summed E-state index contributed by atoms with van der Waals surface area (Å²) in [5.74, 6) is -0.363. The lowest BCUT2D eigenvalue weighted by molar-refractivity contribution is 0.102. The van der Waals surface area contributed by atoms with E-state index in [1.165, 1.54) is 6.07 Å². The van der Waals surface area contributed by atoms with Crippen LogP contribution in [-0.2, 0) is 10.0 Å². The van der Waals surface area contributed by atoms with Gasteiger partial charge < -0.3 is 5.32 Å². The molecule has 0 spiro atoms. The molecule has 0 aromatic heterocycles. The predicted octanol–water partition coefficient (Wildman–Crippen LogP) is 4.66. The van der Waals surface area contributed by atoms with Crippen LogP contribution in [0.25, 0.3) is 0 Å². The van der Waals surface area contributed by atoms with Gasteiger partial charge in [0.15, 0.2) is 0 Å². The van der Waals surface area contributed by atoms with Crippen molar-refractivity contribution in [1.29, 1.82) is 0 Å². The van der Waals surface area contributed by atoms with Gasteiger partial charge in [0.25, 0.3) is 15.9 Å². The smallest absolute Gasteiger partial charge is 0.262 e. The molecule has 0 atom stereocenters. The van der Waals surface area contributed by atoms with Gasteiger partial charge in [-0.3, -0.25) is 9.52 Å². The molecule has 28 heavy (non-hydrogen) atoms. The first-order valence-corrected chi connectivity index (χ1v) is 10.3. The van der Waals surface area contributed by atoms with Gasteiger partial charge in [-0.25, -0.2) is 8.42 Å². The lowest BCUT2D eigenvalue weighted by Crippen LogP contribution is -2.17. The van der Waals surface area contributed by atoms with Crippen LogP contribution in [0.2, 0.25) is 0 Å². The molecule has 0 unspecified atom stereocenters. The molecule has 2 N–H and O–H groups in total. The van der Waals surface area contributed by atoms with Crippen molar-refractivity contribution in [3.05, 3.63) is 89.0 Å². The molecule has 0 aliphatic heterocycles. The second-order valence-corrected chi connectivity index (χ2v) is 8.38. The number of rotatable bonds is 5. The number of carbonyl (C=O) groups is 1. The van der Waals surface area contributed by atoms with Crippen LogP contribution < -0.4 is 10.0 Å². The number of amides is 1. The summed E-state index contributed by atoms with van der Waals surface area (Å²) in [6.45, 7) is 5.47. The van der Waals surface area contributed by atoms with Gasteiger partial charge in [-0.1, -0.05) is 36.4 Å². The van der Waals surface area contributed by atoms with Gasteiger partial charge in [0.05, 0.1) is 10.6 Å². The van der Waals surface area contributed by atoms with Gasteiger partial charge in [0.1, 0.15) is 0 Å². The van der Waals surface area contributed by atoms with E-state index in [4.69, 9.17) is 0 Å². The molecule has 6 heteroatoms. The molecule has 0 radical (unpaired) electrons. The summed E-state index contributed by atoms with van der Waals surface area (Å²) in [6.07, 6.45) is 0. The highest BCUT2D eigenvalue weighted by Crippen LogP contribution is 2.23. The molecule has 0 saturated heterocycles. The van der Waals surface area contributed by atoms with Gasteiger partial charge in [-0.15, -0.1) is 0 Å². The number of hydrogen-bond acceptors (Lipinski definition) is 3. The Bertz CT molecular complexity index is 1140. The summed E-state index contributed by atoms with van der Waals surface area (Å²) in [4.78, 5) is 12.7. The van der Waals surface area contributed by atoms with Crippen molar-refractivity contribution in [1.82, 2.24) is 0 Å². The third-order valence-electron chi connectivity index (χ3n) is 4.41. The Morgan fingerprint density at radius 2 is 1.57 bits per heavy atom. The fourth-order valence-electron chi connectivity index (χ4n) is 2.84. The van der Waals surface area contributed by atoms with Crippen LogP contribution in [0.5, 0.6) is 0 Å². The van der Waals surface area contributed by atoms with Gasteiger partial charge in [-0.05, 0) is 67.8 Å². The van der Waals surface area contributed by atoms with Gasteiger partial charge in [0.2, 0.25) is 0 Å². The maximum absolute atomic E-state index is 12.9. The highest BCUT2D eigenvalue weighted by molar-refractivity contribution is 7.92. The largest absolute Gasteiger partial charge is 0.322 e. The Balaban J connectivity index is 1.90. The zero-order valence-corrected chi connectivity index (χ0v) is 16.8. The van der Waals surface area contributed by atoms with Crippen molar-refractivity contribution >= 4 is 27.3 Å². The highest BCUT2D eigenvalue weighted by Gasteiger charge is 2.20. The normalized spacial score (nSPS) is 11.1. The Hall–Kier alpha value is -3.12. The number of aryl methyl sites for hydroxylation is 3. The highest BCUT2D eigenvalue weighted by atomic mass is 32.2. The second kappa shape index (κ2) is 7.86. The van der Waals surface area contributed by atoms with E-state index >= 15 is 0 Å². The maximum atomic E-state index is 12.9. The summed E-state index contributed by atoms with van der Waals surface area (Å²) in [5.41, 5.74) is 3.85. The van der Waals surface area contributed by atoms with E-state index in [9.17, 15) is 13.2 Å². The van der Waals surface area contributed by atoms with Crippen molar-refractivity contribution in [2.75, 3.05) is 10.0 Å². The van der Waals surface area contributed by atoms with Gasteiger partial charge in [-0.2, -0.15) is 0 Å². The number of nitrogens with one attached hydrogen (secondary N) is 2. The first-order valence-electron chi connectivity index (χ1n) is 8.83.